The van der Waals surface area contributed by atoms with Gasteiger partial charge in [-0.05, 0) is 56.0 Å². The van der Waals surface area contributed by atoms with Crippen LogP contribution in [0.15, 0.2) is 48.5 Å². The van der Waals surface area contributed by atoms with E-state index in [0.29, 0.717) is 6.42 Å². The van der Waals surface area contributed by atoms with Crippen molar-refractivity contribution in [2.75, 3.05) is 23.3 Å². The molecule has 0 saturated carbocycles. The van der Waals surface area contributed by atoms with Crippen LogP contribution in [0, 0.1) is 6.92 Å². The predicted octanol–water partition coefficient (Wildman–Crippen LogP) is 4.17. The molecule has 0 bridgehead atoms. The van der Waals surface area contributed by atoms with Crippen LogP contribution >= 0.6 is 0 Å². The summed E-state index contributed by atoms with van der Waals surface area (Å²) in [6.45, 7) is 4.33. The summed E-state index contributed by atoms with van der Waals surface area (Å²) in [4.78, 5) is 14.5. The van der Waals surface area contributed by atoms with Gasteiger partial charge in [-0.15, -0.1) is 0 Å². The number of amides is 1. The van der Waals surface area contributed by atoms with Crippen molar-refractivity contribution in [1.82, 2.24) is 0 Å². The van der Waals surface area contributed by atoms with Crippen LogP contribution in [0.2, 0.25) is 0 Å². The number of carbonyl (C=O) groups excluding carboxylic acids is 1. The molecule has 3 nitrogen and oxygen atoms in total. The molecule has 23 heavy (non-hydrogen) atoms. The van der Waals surface area contributed by atoms with Crippen LogP contribution in [-0.2, 0) is 11.2 Å². The number of nitrogens with zero attached hydrogens (tertiary/aromatic N) is 1. The zero-order chi connectivity index (χ0) is 16.1. The molecular weight excluding hydrogens is 284 g/mol. The van der Waals surface area contributed by atoms with Gasteiger partial charge in [-0.1, -0.05) is 29.8 Å². The van der Waals surface area contributed by atoms with Crippen molar-refractivity contribution in [3.05, 3.63) is 59.7 Å². The average Bonchev–Trinajstić information content (AvgIpc) is 2.58. The van der Waals surface area contributed by atoms with E-state index in [2.05, 4.69) is 22.3 Å². The van der Waals surface area contributed by atoms with Crippen LogP contribution in [0.5, 0.6) is 0 Å². The van der Waals surface area contributed by atoms with Crippen LogP contribution in [0.25, 0.3) is 0 Å². The molecule has 0 aromatic heterocycles. The Hall–Kier alpha value is -2.29. The fraction of sp³-hybridized carbons (Fsp3) is 0.350. The highest BCUT2D eigenvalue weighted by atomic mass is 16.1. The average molecular weight is 308 g/mol. The van der Waals surface area contributed by atoms with Crippen molar-refractivity contribution in [1.29, 1.82) is 0 Å². The Morgan fingerprint density at radius 3 is 2.26 bits per heavy atom. The van der Waals surface area contributed by atoms with E-state index in [1.165, 1.54) is 30.5 Å². The van der Waals surface area contributed by atoms with Gasteiger partial charge in [-0.25, -0.2) is 0 Å². The quantitative estimate of drug-likeness (QED) is 0.919. The molecule has 0 atom stereocenters. The molecule has 2 aromatic rings. The summed E-state index contributed by atoms with van der Waals surface area (Å²) < 4.78 is 0. The van der Waals surface area contributed by atoms with Gasteiger partial charge in [0, 0.05) is 24.5 Å². The first-order valence-electron chi connectivity index (χ1n) is 8.41. The second kappa shape index (κ2) is 7.32. The minimum absolute atomic E-state index is 0.0274. The third kappa shape index (κ3) is 4.35. The lowest BCUT2D eigenvalue weighted by Crippen LogP contribution is -2.29. The maximum atomic E-state index is 12.1. The number of nitrogens with one attached hydrogen (secondary N) is 1. The van der Waals surface area contributed by atoms with Crippen molar-refractivity contribution in [2.45, 2.75) is 32.6 Å². The first-order valence-corrected chi connectivity index (χ1v) is 8.41. The fourth-order valence-corrected chi connectivity index (χ4v) is 3.00. The molecule has 3 rings (SSSR count). The van der Waals surface area contributed by atoms with Crippen molar-refractivity contribution < 1.29 is 4.79 Å². The smallest absolute Gasteiger partial charge is 0.228 e. The van der Waals surface area contributed by atoms with Crippen LogP contribution in [0.3, 0.4) is 0 Å². The van der Waals surface area contributed by atoms with Crippen molar-refractivity contribution in [2.24, 2.45) is 0 Å². The summed E-state index contributed by atoms with van der Waals surface area (Å²) in [5, 5.41) is 2.98. The van der Waals surface area contributed by atoms with Gasteiger partial charge >= 0.3 is 0 Å². The Labute approximate surface area is 138 Å². The Morgan fingerprint density at radius 2 is 1.61 bits per heavy atom. The largest absolute Gasteiger partial charge is 0.372 e. The van der Waals surface area contributed by atoms with Gasteiger partial charge in [0.25, 0.3) is 0 Å². The highest BCUT2D eigenvalue weighted by Gasteiger charge is 2.11. The molecule has 1 heterocycles. The van der Waals surface area contributed by atoms with Crippen LogP contribution in [-0.4, -0.2) is 19.0 Å². The summed E-state index contributed by atoms with van der Waals surface area (Å²) >= 11 is 0. The summed E-state index contributed by atoms with van der Waals surface area (Å²) in [5.74, 6) is 0.0274. The van der Waals surface area contributed by atoms with E-state index in [1.807, 2.05) is 43.3 Å². The van der Waals surface area contributed by atoms with Gasteiger partial charge in [0.2, 0.25) is 5.91 Å². The van der Waals surface area contributed by atoms with E-state index < -0.39 is 0 Å². The minimum atomic E-state index is 0.0274. The van der Waals surface area contributed by atoms with E-state index in [4.69, 9.17) is 0 Å². The second-order valence-electron chi connectivity index (χ2n) is 6.31. The second-order valence-corrected chi connectivity index (χ2v) is 6.31. The zero-order valence-corrected chi connectivity index (χ0v) is 13.7. The third-order valence-electron chi connectivity index (χ3n) is 4.36. The number of anilines is 2. The number of rotatable bonds is 4. The molecule has 3 heteroatoms. The fourth-order valence-electron chi connectivity index (χ4n) is 3.00. The van der Waals surface area contributed by atoms with Crippen LogP contribution in [0.1, 0.15) is 30.4 Å². The maximum Gasteiger partial charge on any atom is 0.228 e. The highest BCUT2D eigenvalue weighted by Crippen LogP contribution is 2.21. The van der Waals surface area contributed by atoms with Crippen molar-refractivity contribution in [3.63, 3.8) is 0 Å². The number of piperidine rings is 1. The number of carbonyl (C=O) groups is 1. The Morgan fingerprint density at radius 1 is 0.957 bits per heavy atom. The lowest BCUT2D eigenvalue weighted by Gasteiger charge is -2.28. The van der Waals surface area contributed by atoms with E-state index in [1.54, 1.807) is 0 Å². The number of hydrogen-bond donors (Lipinski definition) is 1. The summed E-state index contributed by atoms with van der Waals surface area (Å²) in [5.41, 5.74) is 4.37. The predicted molar refractivity (Wildman–Crippen MR) is 96.0 cm³/mol. The molecule has 0 spiro atoms. The molecule has 1 N–H and O–H groups in total. The van der Waals surface area contributed by atoms with Crippen molar-refractivity contribution >= 4 is 17.3 Å². The van der Waals surface area contributed by atoms with Gasteiger partial charge < -0.3 is 10.2 Å². The molecule has 1 amide bonds. The lowest BCUT2D eigenvalue weighted by atomic mass is 10.1. The molecular formula is C20H24N2O. The number of hydrogen-bond acceptors (Lipinski definition) is 2. The standard InChI is InChI=1S/C20H24N2O/c1-16-5-7-17(8-6-16)15-20(23)21-18-9-11-19(12-10-18)22-13-3-2-4-14-22/h5-12H,2-4,13-15H2,1H3,(H,21,23). The molecule has 0 aliphatic carbocycles. The summed E-state index contributed by atoms with van der Waals surface area (Å²) in [7, 11) is 0. The number of benzene rings is 2. The molecule has 1 aliphatic heterocycles. The monoisotopic (exact) mass is 308 g/mol. The van der Waals surface area contributed by atoms with Crippen molar-refractivity contribution in [3.8, 4) is 0 Å². The Balaban J connectivity index is 1.57. The third-order valence-corrected chi connectivity index (χ3v) is 4.36. The molecule has 1 fully saturated rings. The van der Waals surface area contributed by atoms with E-state index >= 15 is 0 Å². The lowest BCUT2D eigenvalue weighted by molar-refractivity contribution is -0.115. The maximum absolute atomic E-state index is 12.1. The van der Waals surface area contributed by atoms with Crippen LogP contribution in [0.4, 0.5) is 11.4 Å². The van der Waals surface area contributed by atoms with Gasteiger partial charge in [-0.3, -0.25) is 4.79 Å². The summed E-state index contributed by atoms with van der Waals surface area (Å²) in [6.07, 6.45) is 4.29. The molecule has 120 valence electrons. The summed E-state index contributed by atoms with van der Waals surface area (Å²) in [6, 6.07) is 16.3. The zero-order valence-electron chi connectivity index (χ0n) is 13.7. The van der Waals surface area contributed by atoms with E-state index in [0.717, 1.165) is 24.3 Å². The van der Waals surface area contributed by atoms with Gasteiger partial charge in [0.05, 0.1) is 6.42 Å². The first-order chi connectivity index (χ1) is 11.2. The Bertz CT molecular complexity index is 640. The molecule has 0 unspecified atom stereocenters. The topological polar surface area (TPSA) is 32.3 Å². The normalized spacial score (nSPS) is 14.6. The molecule has 1 aliphatic rings. The molecule has 0 radical (unpaired) electrons. The first kappa shape index (κ1) is 15.6. The van der Waals surface area contributed by atoms with Gasteiger partial charge in [0.1, 0.15) is 0 Å². The Kier molecular flexibility index (Phi) is 4.96. The van der Waals surface area contributed by atoms with Gasteiger partial charge in [-0.2, -0.15) is 0 Å². The van der Waals surface area contributed by atoms with E-state index in [-0.39, 0.29) is 5.91 Å². The minimum Gasteiger partial charge on any atom is -0.372 e. The molecule has 1 saturated heterocycles. The van der Waals surface area contributed by atoms with Gasteiger partial charge in [0.15, 0.2) is 0 Å². The number of aryl methyl sites for hydroxylation is 1. The highest BCUT2D eigenvalue weighted by molar-refractivity contribution is 5.92. The van der Waals surface area contributed by atoms with E-state index in [9.17, 15) is 4.79 Å². The van der Waals surface area contributed by atoms with Crippen LogP contribution < -0.4 is 10.2 Å². The SMILES string of the molecule is Cc1ccc(CC(=O)Nc2ccc(N3CCCCC3)cc2)cc1. The molecule has 2 aromatic carbocycles.